The number of halogens is 1. The van der Waals surface area contributed by atoms with E-state index >= 15 is 0 Å². The van der Waals surface area contributed by atoms with E-state index in [-0.39, 0.29) is 23.0 Å². The van der Waals surface area contributed by atoms with Crippen molar-refractivity contribution in [2.75, 3.05) is 6.61 Å². The van der Waals surface area contributed by atoms with Gasteiger partial charge in [-0.2, -0.15) is 5.26 Å². The van der Waals surface area contributed by atoms with Crippen LogP contribution in [0, 0.1) is 11.3 Å². The number of aromatic nitrogens is 1. The van der Waals surface area contributed by atoms with E-state index < -0.39 is 5.97 Å². The van der Waals surface area contributed by atoms with Crippen LogP contribution in [0.15, 0.2) is 12.1 Å². The Bertz CT molecular complexity index is 398. The highest BCUT2D eigenvalue weighted by molar-refractivity contribution is 6.29. The van der Waals surface area contributed by atoms with Gasteiger partial charge in [-0.15, -0.1) is 0 Å². The first-order chi connectivity index (χ1) is 6.69. The van der Waals surface area contributed by atoms with E-state index in [1.807, 2.05) is 6.07 Å². The maximum absolute atomic E-state index is 11.3. The van der Waals surface area contributed by atoms with Crippen LogP contribution < -0.4 is 0 Å². The van der Waals surface area contributed by atoms with Gasteiger partial charge in [0.2, 0.25) is 0 Å². The highest BCUT2D eigenvalue weighted by Crippen LogP contribution is 2.11. The largest absolute Gasteiger partial charge is 0.461 e. The minimum atomic E-state index is -0.633. The summed E-state index contributed by atoms with van der Waals surface area (Å²) in [7, 11) is 0. The maximum atomic E-state index is 11.3. The number of hydrogen-bond donors (Lipinski definition) is 0. The monoisotopic (exact) mass is 210 g/mol. The summed E-state index contributed by atoms with van der Waals surface area (Å²) in [5.41, 5.74) is 0.120. The van der Waals surface area contributed by atoms with Crippen LogP contribution in [0.25, 0.3) is 0 Å². The van der Waals surface area contributed by atoms with Crippen molar-refractivity contribution < 1.29 is 9.53 Å². The standard InChI is InChI=1S/C9H7ClN2O2/c1-2-14-9(13)8-6(5-11)3-4-7(10)12-8/h3-4H,2H2,1H3. The van der Waals surface area contributed by atoms with E-state index in [9.17, 15) is 4.79 Å². The fourth-order valence-corrected chi connectivity index (χ4v) is 1.03. The number of carbonyl (C=O) groups excluding carboxylic acids is 1. The molecule has 0 atom stereocenters. The predicted octanol–water partition coefficient (Wildman–Crippen LogP) is 1.78. The second-order valence-corrected chi connectivity index (χ2v) is 2.75. The van der Waals surface area contributed by atoms with Crippen LogP contribution in [0.5, 0.6) is 0 Å². The number of esters is 1. The fourth-order valence-electron chi connectivity index (χ4n) is 0.881. The van der Waals surface area contributed by atoms with E-state index in [4.69, 9.17) is 21.6 Å². The van der Waals surface area contributed by atoms with Crippen molar-refractivity contribution >= 4 is 17.6 Å². The lowest BCUT2D eigenvalue weighted by Gasteiger charge is -2.02. The molecule has 1 rings (SSSR count). The van der Waals surface area contributed by atoms with E-state index in [0.717, 1.165) is 0 Å². The first-order valence-electron chi connectivity index (χ1n) is 3.92. The molecule has 0 fully saturated rings. The van der Waals surface area contributed by atoms with Gasteiger partial charge in [0.15, 0.2) is 5.69 Å². The lowest BCUT2D eigenvalue weighted by atomic mass is 10.2. The highest BCUT2D eigenvalue weighted by atomic mass is 35.5. The average molecular weight is 211 g/mol. The molecule has 0 aromatic carbocycles. The van der Waals surface area contributed by atoms with Gasteiger partial charge in [0.1, 0.15) is 11.2 Å². The van der Waals surface area contributed by atoms with Crippen molar-refractivity contribution in [2.24, 2.45) is 0 Å². The summed E-state index contributed by atoms with van der Waals surface area (Å²) in [4.78, 5) is 15.0. The van der Waals surface area contributed by atoms with Gasteiger partial charge in [0, 0.05) is 0 Å². The molecule has 14 heavy (non-hydrogen) atoms. The number of carbonyl (C=O) groups is 1. The fraction of sp³-hybridized carbons (Fsp3) is 0.222. The molecule has 0 aliphatic heterocycles. The van der Waals surface area contributed by atoms with Crippen LogP contribution in [-0.2, 0) is 4.74 Å². The normalized spacial score (nSPS) is 9.21. The number of hydrogen-bond acceptors (Lipinski definition) is 4. The van der Waals surface area contributed by atoms with Crippen molar-refractivity contribution in [3.8, 4) is 6.07 Å². The molecular weight excluding hydrogens is 204 g/mol. The molecule has 1 aromatic heterocycles. The van der Waals surface area contributed by atoms with Gasteiger partial charge in [-0.1, -0.05) is 11.6 Å². The highest BCUT2D eigenvalue weighted by Gasteiger charge is 2.14. The summed E-state index contributed by atoms with van der Waals surface area (Å²) in [6.45, 7) is 1.91. The summed E-state index contributed by atoms with van der Waals surface area (Å²) >= 11 is 5.59. The number of pyridine rings is 1. The molecule has 0 saturated heterocycles. The molecule has 1 heterocycles. The number of nitrogens with zero attached hydrogens (tertiary/aromatic N) is 2. The third-order valence-electron chi connectivity index (χ3n) is 1.45. The Labute approximate surface area is 86.1 Å². The summed E-state index contributed by atoms with van der Waals surface area (Å²) in [6, 6.07) is 4.72. The average Bonchev–Trinajstić information content (AvgIpc) is 2.18. The van der Waals surface area contributed by atoms with Crippen molar-refractivity contribution in [1.29, 1.82) is 5.26 Å². The second kappa shape index (κ2) is 4.58. The molecule has 0 aliphatic rings. The minimum absolute atomic E-state index is 0.0400. The van der Waals surface area contributed by atoms with Crippen LogP contribution in [0.4, 0.5) is 0 Å². The molecule has 0 radical (unpaired) electrons. The van der Waals surface area contributed by atoms with Crippen LogP contribution in [0.1, 0.15) is 23.0 Å². The lowest BCUT2D eigenvalue weighted by molar-refractivity contribution is 0.0519. The Kier molecular flexibility index (Phi) is 3.43. The molecule has 1 aromatic rings. The molecule has 0 aliphatic carbocycles. The smallest absolute Gasteiger partial charge is 0.358 e. The Balaban J connectivity index is 3.12. The van der Waals surface area contributed by atoms with Crippen molar-refractivity contribution in [1.82, 2.24) is 4.98 Å². The van der Waals surface area contributed by atoms with Gasteiger partial charge >= 0.3 is 5.97 Å². The molecular formula is C9H7ClN2O2. The van der Waals surface area contributed by atoms with Crippen molar-refractivity contribution in [3.63, 3.8) is 0 Å². The molecule has 0 saturated carbocycles. The Morgan fingerprint density at radius 3 is 3.00 bits per heavy atom. The first kappa shape index (κ1) is 10.5. The van der Waals surface area contributed by atoms with Crippen molar-refractivity contribution in [3.05, 3.63) is 28.5 Å². The van der Waals surface area contributed by atoms with E-state index in [0.29, 0.717) is 0 Å². The van der Waals surface area contributed by atoms with Gasteiger partial charge in [-0.3, -0.25) is 0 Å². The zero-order valence-corrected chi connectivity index (χ0v) is 8.21. The van der Waals surface area contributed by atoms with Gasteiger partial charge < -0.3 is 4.74 Å². The maximum Gasteiger partial charge on any atom is 0.358 e. The Morgan fingerprint density at radius 2 is 2.43 bits per heavy atom. The number of nitriles is 1. The molecule has 0 bridgehead atoms. The number of ether oxygens (including phenoxy) is 1. The summed E-state index contributed by atoms with van der Waals surface area (Å²) in [5.74, 6) is -0.633. The first-order valence-corrected chi connectivity index (χ1v) is 4.30. The van der Waals surface area contributed by atoms with Gasteiger partial charge in [0.05, 0.1) is 12.2 Å². The molecule has 4 nitrogen and oxygen atoms in total. The third kappa shape index (κ3) is 2.21. The molecule has 0 spiro atoms. The van der Waals surface area contributed by atoms with Crippen LogP contribution in [-0.4, -0.2) is 17.6 Å². The third-order valence-corrected chi connectivity index (χ3v) is 1.66. The van der Waals surface area contributed by atoms with Crippen molar-refractivity contribution in [2.45, 2.75) is 6.92 Å². The van der Waals surface area contributed by atoms with Gasteiger partial charge in [0.25, 0.3) is 0 Å². The summed E-state index contributed by atoms with van der Waals surface area (Å²) < 4.78 is 4.71. The lowest BCUT2D eigenvalue weighted by Crippen LogP contribution is -2.09. The molecule has 72 valence electrons. The number of rotatable bonds is 2. The second-order valence-electron chi connectivity index (χ2n) is 2.36. The Hall–Kier alpha value is -1.60. The topological polar surface area (TPSA) is 63.0 Å². The van der Waals surface area contributed by atoms with Crippen LogP contribution in [0.3, 0.4) is 0 Å². The van der Waals surface area contributed by atoms with E-state index in [1.165, 1.54) is 12.1 Å². The molecule has 5 heteroatoms. The van der Waals surface area contributed by atoms with Gasteiger partial charge in [-0.05, 0) is 19.1 Å². The molecule has 0 N–H and O–H groups in total. The molecule has 0 unspecified atom stereocenters. The molecule has 0 amide bonds. The minimum Gasteiger partial charge on any atom is -0.461 e. The zero-order chi connectivity index (χ0) is 10.6. The summed E-state index contributed by atoms with van der Waals surface area (Å²) in [6.07, 6.45) is 0. The SMILES string of the molecule is CCOC(=O)c1nc(Cl)ccc1C#N. The summed E-state index contributed by atoms with van der Waals surface area (Å²) in [5, 5.41) is 8.84. The van der Waals surface area contributed by atoms with E-state index in [1.54, 1.807) is 6.92 Å². The van der Waals surface area contributed by atoms with E-state index in [2.05, 4.69) is 4.98 Å². The zero-order valence-electron chi connectivity index (χ0n) is 7.45. The quantitative estimate of drug-likeness (QED) is 0.551. The Morgan fingerprint density at radius 1 is 1.71 bits per heavy atom. The van der Waals surface area contributed by atoms with Crippen LogP contribution in [0.2, 0.25) is 5.15 Å². The van der Waals surface area contributed by atoms with Crippen LogP contribution >= 0.6 is 11.6 Å². The van der Waals surface area contributed by atoms with Gasteiger partial charge in [-0.25, -0.2) is 9.78 Å². The predicted molar refractivity (Wildman–Crippen MR) is 49.9 cm³/mol.